The van der Waals surface area contributed by atoms with Crippen LogP contribution in [0.3, 0.4) is 0 Å². The minimum atomic E-state index is -3.45. The van der Waals surface area contributed by atoms with E-state index in [1.165, 1.54) is 74.2 Å². The molecule has 0 bridgehead atoms. The third-order valence-electron chi connectivity index (χ3n) is 22.1. The molecule has 0 spiro atoms. The molecule has 0 saturated carbocycles. The fourth-order valence-electron chi connectivity index (χ4n) is 14.2. The maximum atomic E-state index is 13.9. The second kappa shape index (κ2) is 48.0. The van der Waals surface area contributed by atoms with Crippen LogP contribution in [0.15, 0.2) is 225 Å². The number of carbonyl (C=O) groups excluding carboxylic acids is 5. The molecule has 0 aliphatic heterocycles. The van der Waals surface area contributed by atoms with E-state index >= 15 is 0 Å². The molecule has 5 heterocycles. The van der Waals surface area contributed by atoms with Crippen molar-refractivity contribution in [1.29, 1.82) is 0 Å². The van der Waals surface area contributed by atoms with Crippen molar-refractivity contribution in [3.05, 3.63) is 327 Å². The molecule has 15 aromatic rings. The van der Waals surface area contributed by atoms with Gasteiger partial charge in [0.15, 0.2) is 40.2 Å². The highest BCUT2D eigenvalue weighted by Gasteiger charge is 2.31. The van der Waals surface area contributed by atoms with E-state index in [-0.39, 0.29) is 94.1 Å². The summed E-state index contributed by atoms with van der Waals surface area (Å²) in [5, 5.41) is 2.10. The van der Waals surface area contributed by atoms with Crippen LogP contribution in [-0.4, -0.2) is 148 Å². The van der Waals surface area contributed by atoms with E-state index in [1.54, 1.807) is 204 Å². The molecule has 24 nitrogen and oxygen atoms in total. The Bertz CT molecular complexity index is 7410. The Labute approximate surface area is 858 Å². The maximum Gasteiger partial charge on any atom is 0.238 e. The van der Waals surface area contributed by atoms with Crippen LogP contribution in [0.25, 0.3) is 55.6 Å². The topological polar surface area (TPSA) is 336 Å². The number of hydrogen-bond donors (Lipinski definition) is 3. The quantitative estimate of drug-likeness (QED) is 0.0272. The van der Waals surface area contributed by atoms with E-state index in [2.05, 4.69) is 35.2 Å². The third kappa shape index (κ3) is 29.5. The number of amides is 5. The van der Waals surface area contributed by atoms with Crippen molar-refractivity contribution in [3.63, 3.8) is 0 Å². The standard InChI is InChI=1S/C21H21F2N3O2S2.C21H20F2N2O2S2.2C20H20F2N3O2PS.C20H19F2N2O3PS/c1-13-20(30(4,28)24-2)29-21(25-13)26(3)19(27)11-14-5-7-15(8-6-14)17-12-16(22)9-10-18(17)23;1-13-20(29(3,4)27)28-21(24-13)25(2)19(26)11-14-5-7-15(8-6-14)17-12-16(22)9-10-18(17)23;2*1-12-19(28(3,23)27)29-20(24-12)25(2)18(26)10-13-4-6-14(7-5-13)16-11-15(21)8-9-17(16)22;1-12-19(28(3,26)27)29-20(23-12)24(2)18(25)10-13-4-6-14(7-5-13)16-11-15(21)8-9-17(16)22/h5-10,12H,11H2,1-4H3;5-10,12H,3,11H2,1-2,4H3;2*4-9,11H,10H2,1-3H3,(H2,23,27);4-9,11H,10H2,1-3H3,(H,26,27). The van der Waals surface area contributed by atoms with Crippen molar-refractivity contribution in [2.75, 3.05) is 99.3 Å². The summed E-state index contributed by atoms with van der Waals surface area (Å²) in [7, 11) is -4.83. The first-order valence-electron chi connectivity index (χ1n) is 43.7. The lowest BCUT2D eigenvalue weighted by molar-refractivity contribution is -0.118. The lowest BCUT2D eigenvalue weighted by Gasteiger charge is -2.14. The van der Waals surface area contributed by atoms with Gasteiger partial charge >= 0.3 is 0 Å². The van der Waals surface area contributed by atoms with Crippen LogP contribution in [0.1, 0.15) is 56.3 Å². The van der Waals surface area contributed by atoms with Crippen LogP contribution in [0.4, 0.5) is 69.6 Å². The van der Waals surface area contributed by atoms with Gasteiger partial charge in [0, 0.05) is 112 Å². The molecule has 766 valence electrons. The molecular weight excluding hydrogens is 2090 g/mol. The van der Waals surface area contributed by atoms with Gasteiger partial charge in [-0.2, -0.15) is 0 Å². The first-order chi connectivity index (χ1) is 68.3. The number of rotatable bonds is 25. The molecule has 5 N–H and O–H groups in total. The molecule has 15 rings (SSSR count). The van der Waals surface area contributed by atoms with Gasteiger partial charge in [-0.3, -0.25) is 68.3 Å². The Morgan fingerprint density at radius 2 is 0.527 bits per heavy atom. The molecule has 0 radical (unpaired) electrons. The van der Waals surface area contributed by atoms with Crippen molar-refractivity contribution < 1.29 is 94.9 Å². The van der Waals surface area contributed by atoms with E-state index in [0.717, 1.165) is 147 Å². The van der Waals surface area contributed by atoms with Gasteiger partial charge in [0.1, 0.15) is 80.4 Å². The highest BCUT2D eigenvalue weighted by atomic mass is 32.2. The number of anilines is 5. The Kier molecular flexibility index (Phi) is 37.4. The van der Waals surface area contributed by atoms with Crippen molar-refractivity contribution in [3.8, 4) is 55.6 Å². The zero-order chi connectivity index (χ0) is 107. The first-order valence-corrected chi connectivity index (χ1v) is 58.4. The van der Waals surface area contributed by atoms with Crippen molar-refractivity contribution in [2.24, 2.45) is 15.4 Å². The molecule has 0 saturated heterocycles. The fraction of sp³-hybridized carbons (Fsp3) is 0.206. The minimum Gasteiger partial charge on any atom is -0.341 e. The SMILES string of the molecule is C=S(C)(=O)c1sc(N(C)C(=O)Cc2ccc(-c3cc(F)ccc3F)cc2)nc1C.CN=S(C)(=O)c1sc(N(C)C(=O)Cc2ccc(-c3cc(F)ccc3F)cc2)nc1C.Cc1nc(N(C)C(=O)Cc2ccc(-c3cc(F)ccc3F)cc2)sc1P(C)(=O)O.Cc1nc(N(C)C(=O)Cc2ccc(-c3cc(F)ccc3F)cc2)sc1P(C)(N)=O.Cc1nc(N(C)C(=O)Cc2ccc(-c3cc(F)ccc3F)cc2)sc1P(C)(N)=O. The molecule has 0 fully saturated rings. The molecule has 0 aliphatic rings. The summed E-state index contributed by atoms with van der Waals surface area (Å²) in [6.07, 6.45) is 3.58. The number of hydrogen-bond acceptors (Lipinski definition) is 21. The number of nitrogens with zero attached hydrogens (tertiary/aromatic N) is 11. The summed E-state index contributed by atoms with van der Waals surface area (Å²) >= 11 is 5.69. The molecule has 0 aliphatic carbocycles. The Balaban J connectivity index is 0.000000174. The average molecular weight is 2190 g/mol. The molecule has 5 atom stereocenters. The van der Waals surface area contributed by atoms with Gasteiger partial charge < -0.3 is 14.0 Å². The molecule has 44 heteroatoms. The number of nitrogens with two attached hydrogens (primary N) is 2. The Morgan fingerprint density at radius 1 is 0.336 bits per heavy atom. The second-order valence-electron chi connectivity index (χ2n) is 34.0. The normalized spacial score (nSPS) is 13.1. The summed E-state index contributed by atoms with van der Waals surface area (Å²) in [6, 6.07) is 49.8. The van der Waals surface area contributed by atoms with E-state index in [9.17, 15) is 94.9 Å². The summed E-state index contributed by atoms with van der Waals surface area (Å²) in [5.41, 5.74) is 21.2. The van der Waals surface area contributed by atoms with Crippen molar-refractivity contribution in [2.45, 2.75) is 75.1 Å². The van der Waals surface area contributed by atoms with Crippen LogP contribution in [0.5, 0.6) is 0 Å². The molecule has 5 amide bonds. The van der Waals surface area contributed by atoms with Crippen LogP contribution in [0.2, 0.25) is 0 Å². The number of likely N-dealkylation sites (N-methyl/N-ethyl adjacent to an activating group) is 5. The van der Waals surface area contributed by atoms with Crippen molar-refractivity contribution >= 4 is 173 Å². The predicted molar refractivity (Wildman–Crippen MR) is 569 cm³/mol. The Hall–Kier alpha value is -12.5. The lowest BCUT2D eigenvalue weighted by Crippen LogP contribution is -2.27. The van der Waals surface area contributed by atoms with Gasteiger partial charge in [0.25, 0.3) is 0 Å². The number of halogens is 10. The predicted octanol–water partition coefficient (Wildman–Crippen LogP) is 21.3. The summed E-state index contributed by atoms with van der Waals surface area (Å²) in [5.74, 6) is -2.57. The van der Waals surface area contributed by atoms with E-state index < -0.39 is 99.4 Å². The van der Waals surface area contributed by atoms with Crippen LogP contribution < -0.4 is 49.4 Å². The second-order valence-corrected chi connectivity index (χ2v) is 52.2. The highest BCUT2D eigenvalue weighted by molar-refractivity contribution is 8.01. The van der Waals surface area contributed by atoms with Crippen LogP contribution in [0, 0.1) is 92.8 Å². The zero-order valence-electron chi connectivity index (χ0n) is 81.5. The molecular formula is C102H100F10N13O11P3S7. The third-order valence-corrected chi connectivity index (χ3v) is 39.8. The highest BCUT2D eigenvalue weighted by Crippen LogP contribution is 2.43. The summed E-state index contributed by atoms with van der Waals surface area (Å²) < 4.78 is 204. The van der Waals surface area contributed by atoms with Gasteiger partial charge in [-0.25, -0.2) is 77.4 Å². The molecule has 5 aromatic heterocycles. The lowest BCUT2D eigenvalue weighted by atomic mass is 10.0. The first kappa shape index (κ1) is 114. The number of benzene rings is 10. The number of aromatic nitrogens is 5. The number of aryl methyl sites for hydroxylation is 5. The smallest absolute Gasteiger partial charge is 0.238 e. The van der Waals surface area contributed by atoms with E-state index in [1.807, 2.05) is 0 Å². The summed E-state index contributed by atoms with van der Waals surface area (Å²) in [4.78, 5) is 101. The van der Waals surface area contributed by atoms with Gasteiger partial charge in [0.05, 0.1) is 70.3 Å². The van der Waals surface area contributed by atoms with Crippen molar-refractivity contribution in [1.82, 2.24) is 24.9 Å². The largest absolute Gasteiger partial charge is 0.341 e. The van der Waals surface area contributed by atoms with Crippen LogP contribution >= 0.6 is 78.6 Å². The number of carbonyl (C=O) groups is 5. The molecule has 5 unspecified atom stereocenters. The summed E-state index contributed by atoms with van der Waals surface area (Å²) in [6.45, 7) is 12.7. The maximum absolute atomic E-state index is 13.9. The van der Waals surface area contributed by atoms with Gasteiger partial charge in [0.2, 0.25) is 36.9 Å². The van der Waals surface area contributed by atoms with E-state index in [4.69, 9.17) is 11.0 Å². The molecule has 146 heavy (non-hydrogen) atoms. The van der Waals surface area contributed by atoms with Gasteiger partial charge in [-0.1, -0.05) is 178 Å². The van der Waals surface area contributed by atoms with Crippen LogP contribution in [-0.2, 0) is 89.0 Å². The van der Waals surface area contributed by atoms with Gasteiger partial charge in [-0.15, -0.1) is 0 Å². The Morgan fingerprint density at radius 3 is 0.712 bits per heavy atom. The monoisotopic (exact) mass is 2190 g/mol. The average Bonchev–Trinajstić information content (AvgIpc) is 1.64. The minimum absolute atomic E-state index is 0.0687. The number of thiazole rings is 5. The van der Waals surface area contributed by atoms with E-state index in [0.29, 0.717) is 105 Å². The molecule has 10 aromatic carbocycles. The van der Waals surface area contributed by atoms with Gasteiger partial charge in [-0.05, 0) is 187 Å². The zero-order valence-corrected chi connectivity index (χ0v) is 89.9. The fourth-order valence-corrected chi connectivity index (χ4v) is 26.5.